The number of aromatic nitrogens is 1. The van der Waals surface area contributed by atoms with Crippen LogP contribution in [0.5, 0.6) is 11.5 Å². The summed E-state index contributed by atoms with van der Waals surface area (Å²) in [6.45, 7) is 7.75. The minimum atomic E-state index is 0. The largest absolute Gasteiger partial charge is 0.497 e. The molecule has 29 heavy (non-hydrogen) atoms. The SMILES string of the molecule is CCNC(=NCCc1ncc(C)s1)N1CCC(c2cc(OC)cc(OC)c2)C1.I. The number of guanidine groups is 1. The number of thiazole rings is 1. The molecule has 1 N–H and O–H groups in total. The Morgan fingerprint density at radius 1 is 1.28 bits per heavy atom. The number of rotatable bonds is 7. The van der Waals surface area contributed by atoms with Gasteiger partial charge in [-0.1, -0.05) is 0 Å². The summed E-state index contributed by atoms with van der Waals surface area (Å²) in [5, 5.41) is 4.60. The first-order valence-corrected chi connectivity index (χ1v) is 10.6. The maximum absolute atomic E-state index is 5.43. The lowest BCUT2D eigenvalue weighted by Crippen LogP contribution is -2.40. The van der Waals surface area contributed by atoms with E-state index in [1.165, 1.54) is 10.4 Å². The Morgan fingerprint density at radius 3 is 2.59 bits per heavy atom. The Bertz CT molecular complexity index is 789. The van der Waals surface area contributed by atoms with Crippen molar-refractivity contribution in [3.8, 4) is 11.5 Å². The fourth-order valence-corrected chi connectivity index (χ4v) is 4.27. The molecule has 1 aliphatic heterocycles. The summed E-state index contributed by atoms with van der Waals surface area (Å²) in [4.78, 5) is 12.9. The molecule has 0 amide bonds. The summed E-state index contributed by atoms with van der Waals surface area (Å²) >= 11 is 1.75. The van der Waals surface area contributed by atoms with Gasteiger partial charge in [0.15, 0.2) is 5.96 Å². The smallest absolute Gasteiger partial charge is 0.193 e. The molecule has 0 spiro atoms. The molecule has 1 saturated heterocycles. The molecule has 6 nitrogen and oxygen atoms in total. The quantitative estimate of drug-likeness (QED) is 0.332. The third-order valence-corrected chi connectivity index (χ3v) is 5.90. The van der Waals surface area contributed by atoms with Crippen LogP contribution in [0.25, 0.3) is 0 Å². The first-order chi connectivity index (χ1) is 13.6. The minimum Gasteiger partial charge on any atom is -0.497 e. The predicted octanol–water partition coefficient (Wildman–Crippen LogP) is 4.08. The second-order valence-corrected chi connectivity index (χ2v) is 8.25. The average Bonchev–Trinajstić information content (AvgIpc) is 3.36. The third kappa shape index (κ3) is 6.47. The van der Waals surface area contributed by atoms with Crippen LogP contribution in [0.1, 0.15) is 34.7 Å². The highest BCUT2D eigenvalue weighted by molar-refractivity contribution is 14.0. The van der Waals surface area contributed by atoms with Gasteiger partial charge in [-0.2, -0.15) is 0 Å². The summed E-state index contributed by atoms with van der Waals surface area (Å²) in [7, 11) is 3.39. The predicted molar refractivity (Wildman–Crippen MR) is 130 cm³/mol. The normalized spacial score (nSPS) is 16.5. The molecule has 0 saturated carbocycles. The number of halogens is 1. The van der Waals surface area contributed by atoms with Crippen molar-refractivity contribution in [1.82, 2.24) is 15.2 Å². The minimum absolute atomic E-state index is 0. The fourth-order valence-electron chi connectivity index (χ4n) is 3.49. The summed E-state index contributed by atoms with van der Waals surface area (Å²) in [5.74, 6) is 3.11. The topological polar surface area (TPSA) is 59.0 Å². The number of nitrogens with zero attached hydrogens (tertiary/aromatic N) is 3. The van der Waals surface area contributed by atoms with Gasteiger partial charge in [-0.25, -0.2) is 4.98 Å². The van der Waals surface area contributed by atoms with Gasteiger partial charge in [-0.15, -0.1) is 35.3 Å². The number of ether oxygens (including phenoxy) is 2. The standard InChI is InChI=1S/C21H30N4O2S.HI/c1-5-22-21(23-8-6-20-24-13-15(2)28-20)25-9-7-16(14-25)17-10-18(26-3)12-19(11-17)27-4;/h10-13,16H,5-9,14H2,1-4H3,(H,22,23);1H. The van der Waals surface area contributed by atoms with E-state index in [0.717, 1.165) is 61.5 Å². The first-order valence-electron chi connectivity index (χ1n) is 9.80. The molecule has 2 heterocycles. The lowest BCUT2D eigenvalue weighted by Gasteiger charge is -2.22. The van der Waals surface area contributed by atoms with E-state index < -0.39 is 0 Å². The van der Waals surface area contributed by atoms with Gasteiger partial charge in [-0.3, -0.25) is 4.99 Å². The van der Waals surface area contributed by atoms with Crippen LogP contribution in [0.4, 0.5) is 0 Å². The molecule has 1 unspecified atom stereocenters. The van der Waals surface area contributed by atoms with Crippen LogP contribution < -0.4 is 14.8 Å². The molecule has 1 aromatic heterocycles. The van der Waals surface area contributed by atoms with Crippen LogP contribution in [0.2, 0.25) is 0 Å². The molecule has 2 aromatic rings. The fraction of sp³-hybridized carbons (Fsp3) is 0.524. The number of nitrogens with one attached hydrogen (secondary N) is 1. The van der Waals surface area contributed by atoms with E-state index in [1.54, 1.807) is 25.6 Å². The molecule has 1 aromatic carbocycles. The zero-order valence-electron chi connectivity index (χ0n) is 17.6. The third-order valence-electron chi connectivity index (χ3n) is 4.92. The summed E-state index contributed by atoms with van der Waals surface area (Å²) < 4.78 is 10.9. The average molecular weight is 530 g/mol. The van der Waals surface area contributed by atoms with Gasteiger partial charge < -0.3 is 19.7 Å². The van der Waals surface area contributed by atoms with Crippen molar-refractivity contribution < 1.29 is 9.47 Å². The molecule has 0 bridgehead atoms. The highest BCUT2D eigenvalue weighted by Crippen LogP contribution is 2.32. The van der Waals surface area contributed by atoms with E-state index in [1.807, 2.05) is 12.3 Å². The Balaban J connectivity index is 0.00000300. The molecule has 160 valence electrons. The molecule has 0 aliphatic carbocycles. The highest BCUT2D eigenvalue weighted by Gasteiger charge is 2.27. The molecule has 0 radical (unpaired) electrons. The van der Waals surface area contributed by atoms with E-state index in [9.17, 15) is 0 Å². The van der Waals surface area contributed by atoms with Gasteiger partial charge in [-0.05, 0) is 38.0 Å². The van der Waals surface area contributed by atoms with Crippen LogP contribution in [-0.2, 0) is 6.42 Å². The van der Waals surface area contributed by atoms with Gasteiger partial charge in [0.25, 0.3) is 0 Å². The van der Waals surface area contributed by atoms with E-state index in [4.69, 9.17) is 14.5 Å². The molecular formula is C21H31IN4O2S. The Labute approximate surface area is 194 Å². The number of aryl methyl sites for hydroxylation is 1. The van der Waals surface area contributed by atoms with E-state index >= 15 is 0 Å². The monoisotopic (exact) mass is 530 g/mol. The van der Waals surface area contributed by atoms with Crippen LogP contribution >= 0.6 is 35.3 Å². The van der Waals surface area contributed by atoms with Crippen molar-refractivity contribution in [3.63, 3.8) is 0 Å². The zero-order chi connectivity index (χ0) is 19.9. The van der Waals surface area contributed by atoms with Crippen molar-refractivity contribution >= 4 is 41.3 Å². The van der Waals surface area contributed by atoms with Crippen LogP contribution in [0, 0.1) is 6.92 Å². The van der Waals surface area contributed by atoms with Crippen LogP contribution in [-0.4, -0.2) is 56.2 Å². The van der Waals surface area contributed by atoms with Crippen LogP contribution in [0.3, 0.4) is 0 Å². The Hall–Kier alpha value is -1.55. The van der Waals surface area contributed by atoms with Gasteiger partial charge in [0, 0.05) is 55.7 Å². The van der Waals surface area contributed by atoms with Crippen molar-refractivity contribution in [3.05, 3.63) is 39.8 Å². The second-order valence-electron chi connectivity index (χ2n) is 6.93. The van der Waals surface area contributed by atoms with E-state index in [-0.39, 0.29) is 24.0 Å². The molecule has 8 heteroatoms. The summed E-state index contributed by atoms with van der Waals surface area (Å²) in [6, 6.07) is 6.15. The molecule has 1 atom stereocenters. The Kier molecular flexibility index (Phi) is 9.48. The summed E-state index contributed by atoms with van der Waals surface area (Å²) in [6.07, 6.45) is 3.91. The first kappa shape index (κ1) is 23.7. The number of benzene rings is 1. The molecule has 3 rings (SSSR count). The number of hydrogen-bond donors (Lipinski definition) is 1. The van der Waals surface area contributed by atoms with Crippen molar-refractivity contribution in [1.29, 1.82) is 0 Å². The molecule has 1 aliphatic rings. The maximum Gasteiger partial charge on any atom is 0.193 e. The van der Waals surface area contributed by atoms with Crippen molar-refractivity contribution in [2.24, 2.45) is 4.99 Å². The van der Waals surface area contributed by atoms with Gasteiger partial charge in [0.1, 0.15) is 11.5 Å². The lowest BCUT2D eigenvalue weighted by atomic mass is 9.98. The van der Waals surface area contributed by atoms with Crippen LogP contribution in [0.15, 0.2) is 29.4 Å². The van der Waals surface area contributed by atoms with E-state index in [2.05, 4.69) is 41.2 Å². The number of methoxy groups -OCH3 is 2. The van der Waals surface area contributed by atoms with Gasteiger partial charge in [0.05, 0.1) is 19.2 Å². The van der Waals surface area contributed by atoms with E-state index in [0.29, 0.717) is 5.92 Å². The van der Waals surface area contributed by atoms with Gasteiger partial charge in [0.2, 0.25) is 0 Å². The van der Waals surface area contributed by atoms with Crippen molar-refractivity contribution in [2.45, 2.75) is 32.6 Å². The highest BCUT2D eigenvalue weighted by atomic mass is 127. The van der Waals surface area contributed by atoms with Crippen molar-refractivity contribution in [2.75, 3.05) is 40.4 Å². The second kappa shape index (κ2) is 11.6. The maximum atomic E-state index is 5.43. The van der Waals surface area contributed by atoms with Gasteiger partial charge >= 0.3 is 0 Å². The lowest BCUT2D eigenvalue weighted by molar-refractivity contribution is 0.392. The Morgan fingerprint density at radius 2 is 2.00 bits per heavy atom. The molecule has 1 fully saturated rings. The number of aliphatic imine (C=N–C) groups is 1. The molecular weight excluding hydrogens is 499 g/mol. The zero-order valence-corrected chi connectivity index (χ0v) is 20.8. The number of hydrogen-bond acceptors (Lipinski definition) is 5. The summed E-state index contributed by atoms with van der Waals surface area (Å²) in [5.41, 5.74) is 1.26. The number of likely N-dealkylation sites (tertiary alicyclic amines) is 1.